The summed E-state index contributed by atoms with van der Waals surface area (Å²) in [6, 6.07) is 0. The first-order chi connectivity index (χ1) is 9.65. The van der Waals surface area contributed by atoms with Crippen LogP contribution in [-0.4, -0.2) is 39.9 Å². The van der Waals surface area contributed by atoms with Crippen molar-refractivity contribution in [3.63, 3.8) is 0 Å². The van der Waals surface area contributed by atoms with Gasteiger partial charge in [0, 0.05) is 0 Å². The van der Waals surface area contributed by atoms with Crippen molar-refractivity contribution in [3.8, 4) is 0 Å². The molecule has 10 heteroatoms. The van der Waals surface area contributed by atoms with Gasteiger partial charge in [0.25, 0.3) is 0 Å². The van der Waals surface area contributed by atoms with Crippen molar-refractivity contribution in [2.45, 2.75) is 71.1 Å². The maximum Gasteiger partial charge on any atom is 1.00 e. The smallest absolute Gasteiger partial charge is 0.402 e. The second-order valence-corrected chi connectivity index (χ2v) is 5.37. The van der Waals surface area contributed by atoms with Crippen molar-refractivity contribution in [2.75, 3.05) is 0 Å². The third-order valence-electron chi connectivity index (χ3n) is 2.35. The van der Waals surface area contributed by atoms with Crippen LogP contribution >= 0.6 is 0 Å². The molecular formula is C12H30BNaO7S. The van der Waals surface area contributed by atoms with Gasteiger partial charge in [-0.25, -0.2) is 0 Å². The summed E-state index contributed by atoms with van der Waals surface area (Å²) in [5, 5.41) is 21.5. The standard InChI is InChI=1S/C12H25.BH3O3.Na.H2O4S/c1-3-5-7-9-11-12-10-8-6-4-2;2-1(3)4;;1-5(2,3)4/h1,3-12H2,2H3;2-4H;;(H2,1,2,3,4)/q-1;;+1;. The van der Waals surface area contributed by atoms with Crippen molar-refractivity contribution in [1.29, 1.82) is 0 Å². The first-order valence-corrected chi connectivity index (χ1v) is 8.58. The summed E-state index contributed by atoms with van der Waals surface area (Å²) in [6.07, 6.45) is 13.9. The zero-order chi connectivity index (χ0) is 17.1. The monoisotopic (exact) mass is 352 g/mol. The van der Waals surface area contributed by atoms with E-state index in [0.29, 0.717) is 0 Å². The minimum absolute atomic E-state index is 0. The van der Waals surface area contributed by atoms with E-state index < -0.39 is 17.7 Å². The van der Waals surface area contributed by atoms with Crippen LogP contribution in [-0.2, 0) is 10.4 Å². The Morgan fingerprint density at radius 1 is 0.818 bits per heavy atom. The molecule has 0 aromatic carbocycles. The molecular weight excluding hydrogens is 322 g/mol. The fourth-order valence-electron chi connectivity index (χ4n) is 1.49. The van der Waals surface area contributed by atoms with Gasteiger partial charge in [0.1, 0.15) is 0 Å². The molecule has 0 saturated heterocycles. The van der Waals surface area contributed by atoms with E-state index in [0.717, 1.165) is 6.42 Å². The van der Waals surface area contributed by atoms with Crippen LogP contribution in [0, 0.1) is 6.92 Å². The third kappa shape index (κ3) is 84.8. The second kappa shape index (κ2) is 24.1. The van der Waals surface area contributed by atoms with Crippen LogP contribution in [0.4, 0.5) is 0 Å². The Labute approximate surface area is 157 Å². The summed E-state index contributed by atoms with van der Waals surface area (Å²) in [7, 11) is -6.83. The van der Waals surface area contributed by atoms with Crippen molar-refractivity contribution in [2.24, 2.45) is 0 Å². The van der Waals surface area contributed by atoms with Gasteiger partial charge in [0.05, 0.1) is 0 Å². The molecule has 0 unspecified atom stereocenters. The summed E-state index contributed by atoms with van der Waals surface area (Å²) in [5.41, 5.74) is 0. The topological polar surface area (TPSA) is 135 Å². The summed E-state index contributed by atoms with van der Waals surface area (Å²) < 4.78 is 31.6. The number of hydrogen-bond acceptors (Lipinski definition) is 5. The summed E-state index contributed by atoms with van der Waals surface area (Å²) >= 11 is 0. The fourth-order valence-corrected chi connectivity index (χ4v) is 1.49. The Morgan fingerprint density at radius 2 is 1.05 bits per heavy atom. The van der Waals surface area contributed by atoms with E-state index in [1.54, 1.807) is 0 Å². The zero-order valence-electron chi connectivity index (χ0n) is 13.8. The van der Waals surface area contributed by atoms with Gasteiger partial charge in [-0.2, -0.15) is 14.8 Å². The molecule has 0 saturated carbocycles. The number of rotatable bonds is 9. The van der Waals surface area contributed by atoms with Crippen LogP contribution in [0.1, 0.15) is 71.1 Å². The van der Waals surface area contributed by atoms with Crippen LogP contribution in [0.15, 0.2) is 0 Å². The van der Waals surface area contributed by atoms with E-state index in [1.807, 2.05) is 0 Å². The van der Waals surface area contributed by atoms with Crippen molar-refractivity contribution >= 4 is 17.7 Å². The number of unbranched alkanes of at least 4 members (excludes halogenated alkanes) is 9. The molecule has 0 rings (SSSR count). The average molecular weight is 352 g/mol. The molecule has 0 aromatic rings. The third-order valence-corrected chi connectivity index (χ3v) is 2.35. The van der Waals surface area contributed by atoms with Gasteiger partial charge < -0.3 is 22.0 Å². The molecule has 0 aliphatic heterocycles. The van der Waals surface area contributed by atoms with Crippen LogP contribution in [0.5, 0.6) is 0 Å². The molecule has 0 bridgehead atoms. The van der Waals surface area contributed by atoms with Crippen LogP contribution in [0.25, 0.3) is 0 Å². The van der Waals surface area contributed by atoms with Gasteiger partial charge in [-0.05, 0) is 0 Å². The maximum atomic E-state index is 8.74. The van der Waals surface area contributed by atoms with Crippen molar-refractivity contribution in [3.05, 3.63) is 6.92 Å². The van der Waals surface area contributed by atoms with E-state index >= 15 is 0 Å². The predicted molar refractivity (Wildman–Crippen MR) is 83.8 cm³/mol. The average Bonchev–Trinajstić information content (AvgIpc) is 2.30. The van der Waals surface area contributed by atoms with Gasteiger partial charge in [-0.3, -0.25) is 9.11 Å². The maximum absolute atomic E-state index is 8.74. The molecule has 22 heavy (non-hydrogen) atoms. The summed E-state index contributed by atoms with van der Waals surface area (Å²) in [4.78, 5) is 0. The Bertz CT molecular complexity index is 256. The molecule has 0 heterocycles. The molecule has 0 aliphatic carbocycles. The summed E-state index contributed by atoms with van der Waals surface area (Å²) in [5.74, 6) is 0. The van der Waals surface area contributed by atoms with Gasteiger partial charge in [0.15, 0.2) is 0 Å². The molecule has 0 aliphatic rings. The second-order valence-electron chi connectivity index (χ2n) is 4.48. The zero-order valence-corrected chi connectivity index (χ0v) is 16.6. The fraction of sp³-hybridized carbons (Fsp3) is 0.917. The normalized spacial score (nSPS) is 9.59. The van der Waals surface area contributed by atoms with Gasteiger partial charge >= 0.3 is 47.3 Å². The first kappa shape index (κ1) is 30.7. The van der Waals surface area contributed by atoms with Crippen molar-refractivity contribution in [1.82, 2.24) is 0 Å². The van der Waals surface area contributed by atoms with E-state index in [2.05, 4.69) is 13.8 Å². The Morgan fingerprint density at radius 3 is 1.27 bits per heavy atom. The van der Waals surface area contributed by atoms with E-state index in [4.69, 9.17) is 32.6 Å². The SMILES string of the molecule is O=S(=O)(O)O.OB(O)O.[CH2-]CCCCCCCCCCC.[Na+]. The van der Waals surface area contributed by atoms with E-state index in [9.17, 15) is 0 Å². The Hall–Kier alpha value is 0.815. The van der Waals surface area contributed by atoms with Crippen LogP contribution in [0.3, 0.4) is 0 Å². The molecule has 5 N–H and O–H groups in total. The molecule has 0 fully saturated rings. The molecule has 0 amide bonds. The Kier molecular flexibility index (Phi) is 33.6. The van der Waals surface area contributed by atoms with Crippen LogP contribution < -0.4 is 29.6 Å². The molecule has 0 radical (unpaired) electrons. The molecule has 0 aromatic heterocycles. The van der Waals surface area contributed by atoms with Gasteiger partial charge in [-0.15, -0.1) is 0 Å². The number of hydrogen-bond donors (Lipinski definition) is 5. The molecule has 0 spiro atoms. The van der Waals surface area contributed by atoms with E-state index in [-0.39, 0.29) is 29.6 Å². The molecule has 130 valence electrons. The minimum Gasteiger partial charge on any atom is -0.402 e. The Balaban J connectivity index is -0.000000135. The van der Waals surface area contributed by atoms with Gasteiger partial charge in [-0.1, -0.05) is 64.7 Å². The minimum atomic E-state index is -4.67. The predicted octanol–water partition coefficient (Wildman–Crippen LogP) is -0.959. The molecule has 7 nitrogen and oxygen atoms in total. The van der Waals surface area contributed by atoms with Crippen molar-refractivity contribution < 1.29 is 62.2 Å². The largest absolute Gasteiger partial charge is 1.00 e. The summed E-state index contributed by atoms with van der Waals surface area (Å²) in [6.45, 7) is 6.12. The van der Waals surface area contributed by atoms with Crippen LogP contribution in [0.2, 0.25) is 0 Å². The van der Waals surface area contributed by atoms with Gasteiger partial charge in [0.2, 0.25) is 0 Å². The molecule has 0 atom stereocenters. The quantitative estimate of drug-likeness (QED) is 0.156. The van der Waals surface area contributed by atoms with E-state index in [1.165, 1.54) is 57.8 Å². The first-order valence-electron chi connectivity index (χ1n) is 7.18.